The maximum Gasteiger partial charge on any atom is 0.339 e. The highest BCUT2D eigenvalue weighted by atomic mass is 79.9. The van der Waals surface area contributed by atoms with Crippen molar-refractivity contribution in [1.82, 2.24) is 0 Å². The van der Waals surface area contributed by atoms with Crippen LogP contribution < -0.4 is 0 Å². The maximum atomic E-state index is 12.3. The third-order valence-corrected chi connectivity index (χ3v) is 4.35. The molecule has 0 aliphatic heterocycles. The normalized spacial score (nSPS) is 11.6. The second kappa shape index (κ2) is 8.02. The van der Waals surface area contributed by atoms with Gasteiger partial charge in [-0.2, -0.15) is 0 Å². The molecule has 0 saturated heterocycles. The van der Waals surface area contributed by atoms with E-state index in [1.165, 1.54) is 19.1 Å². The summed E-state index contributed by atoms with van der Waals surface area (Å²) >= 11 is 3.05. The number of benzene rings is 2. The van der Waals surface area contributed by atoms with Crippen LogP contribution in [0.25, 0.3) is 0 Å². The Kier molecular flexibility index (Phi) is 6.03. The van der Waals surface area contributed by atoms with Crippen LogP contribution in [0.3, 0.4) is 0 Å². The minimum absolute atomic E-state index is 0.0101. The number of nitrogens with zero attached hydrogens (tertiary/aromatic N) is 1. The zero-order valence-corrected chi connectivity index (χ0v) is 15.3. The van der Waals surface area contributed by atoms with E-state index in [9.17, 15) is 19.7 Å². The molecule has 0 spiro atoms. The molecule has 130 valence electrons. The number of nitro groups is 1. The number of rotatable bonds is 6. The van der Waals surface area contributed by atoms with Gasteiger partial charge in [0.05, 0.1) is 15.0 Å². The molecule has 25 heavy (non-hydrogen) atoms. The van der Waals surface area contributed by atoms with E-state index in [2.05, 4.69) is 15.9 Å². The molecular weight excluding hydrogens is 390 g/mol. The van der Waals surface area contributed by atoms with E-state index >= 15 is 0 Å². The summed E-state index contributed by atoms with van der Waals surface area (Å²) in [5.41, 5.74) is 1.31. The van der Waals surface area contributed by atoms with Crippen molar-refractivity contribution in [2.45, 2.75) is 26.4 Å². The molecule has 0 aliphatic rings. The SMILES string of the molecule is CCc1ccc(C(=O)[C@@H](C)OC(=O)c2ccc(Br)c([N+](=O)[O-])c2)cc1. The molecule has 0 unspecified atom stereocenters. The molecule has 0 aromatic heterocycles. The topological polar surface area (TPSA) is 86.5 Å². The van der Waals surface area contributed by atoms with Crippen LogP contribution in [0.2, 0.25) is 0 Å². The lowest BCUT2D eigenvalue weighted by molar-refractivity contribution is -0.385. The van der Waals surface area contributed by atoms with Crippen molar-refractivity contribution in [3.05, 3.63) is 73.7 Å². The zero-order chi connectivity index (χ0) is 18.6. The maximum absolute atomic E-state index is 12.3. The van der Waals surface area contributed by atoms with Gasteiger partial charge in [0.15, 0.2) is 6.10 Å². The molecule has 0 fully saturated rings. The lowest BCUT2D eigenvalue weighted by Gasteiger charge is -2.13. The first-order valence-corrected chi connectivity index (χ1v) is 8.40. The first-order valence-electron chi connectivity index (χ1n) is 7.61. The average molecular weight is 406 g/mol. The van der Waals surface area contributed by atoms with Crippen LogP contribution in [-0.2, 0) is 11.2 Å². The van der Waals surface area contributed by atoms with Crippen molar-refractivity contribution in [3.63, 3.8) is 0 Å². The Morgan fingerprint density at radius 1 is 1.16 bits per heavy atom. The van der Waals surface area contributed by atoms with Crippen LogP contribution in [0.4, 0.5) is 5.69 Å². The average Bonchev–Trinajstić information content (AvgIpc) is 2.61. The van der Waals surface area contributed by atoms with Crippen LogP contribution in [0, 0.1) is 10.1 Å². The van der Waals surface area contributed by atoms with Crippen molar-refractivity contribution in [1.29, 1.82) is 0 Å². The molecule has 0 bridgehead atoms. The molecular formula is C18H16BrNO5. The standard InChI is InChI=1S/C18H16BrNO5/c1-3-12-4-6-13(7-5-12)17(21)11(2)25-18(22)14-8-9-15(19)16(10-14)20(23)24/h4-11H,3H2,1-2H3/t11-/m1/s1. The summed E-state index contributed by atoms with van der Waals surface area (Å²) in [7, 11) is 0. The lowest BCUT2D eigenvalue weighted by atomic mass is 10.0. The summed E-state index contributed by atoms with van der Waals surface area (Å²) in [6.07, 6.45) is -0.135. The van der Waals surface area contributed by atoms with Crippen LogP contribution in [-0.4, -0.2) is 22.8 Å². The lowest BCUT2D eigenvalue weighted by Crippen LogP contribution is -2.24. The van der Waals surface area contributed by atoms with Gasteiger partial charge in [0.25, 0.3) is 5.69 Å². The van der Waals surface area contributed by atoms with Gasteiger partial charge in [-0.05, 0) is 47.0 Å². The van der Waals surface area contributed by atoms with E-state index in [0.717, 1.165) is 18.1 Å². The van der Waals surface area contributed by atoms with Crippen molar-refractivity contribution >= 4 is 33.4 Å². The number of hydrogen-bond acceptors (Lipinski definition) is 5. The van der Waals surface area contributed by atoms with Gasteiger partial charge in [0.2, 0.25) is 5.78 Å². The molecule has 1 atom stereocenters. The largest absolute Gasteiger partial charge is 0.451 e. The monoisotopic (exact) mass is 405 g/mol. The molecule has 0 radical (unpaired) electrons. The number of hydrogen-bond donors (Lipinski definition) is 0. The van der Waals surface area contributed by atoms with Crippen LogP contribution in [0.1, 0.15) is 40.1 Å². The highest BCUT2D eigenvalue weighted by Crippen LogP contribution is 2.26. The Morgan fingerprint density at radius 2 is 1.76 bits per heavy atom. The van der Waals surface area contributed by atoms with Gasteiger partial charge in [0.1, 0.15) is 0 Å². The highest BCUT2D eigenvalue weighted by molar-refractivity contribution is 9.10. The summed E-state index contributed by atoms with van der Waals surface area (Å²) in [5.74, 6) is -1.12. The first-order chi connectivity index (χ1) is 11.8. The van der Waals surface area contributed by atoms with E-state index in [-0.39, 0.29) is 21.5 Å². The van der Waals surface area contributed by atoms with E-state index in [4.69, 9.17) is 4.74 Å². The Balaban J connectivity index is 2.12. The first kappa shape index (κ1) is 18.8. The molecule has 0 amide bonds. The van der Waals surface area contributed by atoms with Gasteiger partial charge in [0, 0.05) is 11.6 Å². The molecule has 0 heterocycles. The van der Waals surface area contributed by atoms with Gasteiger partial charge < -0.3 is 4.74 Å². The predicted octanol–water partition coefficient (Wildman–Crippen LogP) is 4.35. The molecule has 6 nitrogen and oxygen atoms in total. The number of esters is 1. The molecule has 2 aromatic carbocycles. The third-order valence-electron chi connectivity index (χ3n) is 3.68. The zero-order valence-electron chi connectivity index (χ0n) is 13.7. The van der Waals surface area contributed by atoms with Gasteiger partial charge in [-0.1, -0.05) is 31.2 Å². The fourth-order valence-electron chi connectivity index (χ4n) is 2.20. The van der Waals surface area contributed by atoms with E-state index in [0.29, 0.717) is 5.56 Å². The Labute approximate surface area is 153 Å². The summed E-state index contributed by atoms with van der Waals surface area (Å²) in [6.45, 7) is 3.49. The van der Waals surface area contributed by atoms with Crippen LogP contribution in [0.15, 0.2) is 46.9 Å². The molecule has 2 aromatic rings. The van der Waals surface area contributed by atoms with Crippen LogP contribution >= 0.6 is 15.9 Å². The van der Waals surface area contributed by atoms with E-state index in [1.54, 1.807) is 12.1 Å². The summed E-state index contributed by atoms with van der Waals surface area (Å²) in [6, 6.07) is 11.0. The molecule has 2 rings (SSSR count). The summed E-state index contributed by atoms with van der Waals surface area (Å²) in [4.78, 5) is 34.8. The quantitative estimate of drug-likeness (QED) is 0.308. The Morgan fingerprint density at radius 3 is 2.32 bits per heavy atom. The number of ketones is 1. The minimum Gasteiger partial charge on any atom is -0.451 e. The Hall–Kier alpha value is -2.54. The number of halogens is 1. The molecule has 0 N–H and O–H groups in total. The van der Waals surface area contributed by atoms with Gasteiger partial charge in [-0.15, -0.1) is 0 Å². The van der Waals surface area contributed by atoms with Crippen molar-refractivity contribution in [3.8, 4) is 0 Å². The van der Waals surface area contributed by atoms with Crippen molar-refractivity contribution < 1.29 is 19.2 Å². The number of carbonyl (C=O) groups is 2. The fraction of sp³-hybridized carbons (Fsp3) is 0.222. The summed E-state index contributed by atoms with van der Waals surface area (Å²) in [5, 5.41) is 10.9. The second-order valence-electron chi connectivity index (χ2n) is 5.39. The number of carbonyl (C=O) groups excluding carboxylic acids is 2. The van der Waals surface area contributed by atoms with Gasteiger partial charge in [-0.25, -0.2) is 4.79 Å². The molecule has 0 saturated carbocycles. The smallest absolute Gasteiger partial charge is 0.339 e. The van der Waals surface area contributed by atoms with Gasteiger partial charge in [-0.3, -0.25) is 14.9 Å². The molecule has 0 aliphatic carbocycles. The van der Waals surface area contributed by atoms with Crippen molar-refractivity contribution in [2.75, 3.05) is 0 Å². The third kappa shape index (κ3) is 4.51. The predicted molar refractivity (Wildman–Crippen MR) is 95.8 cm³/mol. The second-order valence-corrected chi connectivity index (χ2v) is 6.24. The number of Topliss-reactive ketones (excluding diaryl/α,β-unsaturated/α-hetero) is 1. The van der Waals surface area contributed by atoms with Crippen LogP contribution in [0.5, 0.6) is 0 Å². The van der Waals surface area contributed by atoms with Gasteiger partial charge >= 0.3 is 5.97 Å². The summed E-state index contributed by atoms with van der Waals surface area (Å²) < 4.78 is 5.42. The fourth-order valence-corrected chi connectivity index (χ4v) is 2.59. The Bertz CT molecular complexity index is 817. The van der Waals surface area contributed by atoms with E-state index < -0.39 is 17.0 Å². The van der Waals surface area contributed by atoms with Crippen molar-refractivity contribution in [2.24, 2.45) is 0 Å². The number of aryl methyl sites for hydroxylation is 1. The van der Waals surface area contributed by atoms with E-state index in [1.807, 2.05) is 19.1 Å². The number of ether oxygens (including phenoxy) is 1. The highest BCUT2D eigenvalue weighted by Gasteiger charge is 2.22. The molecule has 7 heteroatoms. The minimum atomic E-state index is -0.998. The number of nitro benzene ring substituents is 1.